The fourth-order valence-electron chi connectivity index (χ4n) is 2.03. The van der Waals surface area contributed by atoms with Crippen molar-refractivity contribution >= 4 is 53.5 Å². The van der Waals surface area contributed by atoms with Crippen LogP contribution in [0.25, 0.3) is 0 Å². The first-order valence-electron chi connectivity index (χ1n) is 6.62. The predicted octanol–water partition coefficient (Wildman–Crippen LogP) is 6.29. The average Bonchev–Trinajstić information content (AvgIpc) is 2.43. The Balaban J connectivity index is 2.25. The van der Waals surface area contributed by atoms with Gasteiger partial charge in [-0.15, -0.1) is 0 Å². The second-order valence-electron chi connectivity index (χ2n) is 4.62. The lowest BCUT2D eigenvalue weighted by Crippen LogP contribution is -2.05. The Labute approximate surface area is 150 Å². The molecule has 0 atom stereocenters. The van der Waals surface area contributed by atoms with E-state index in [1.165, 1.54) is 5.56 Å². The molecule has 2 aromatic carbocycles. The van der Waals surface area contributed by atoms with Gasteiger partial charge in [0.2, 0.25) is 0 Å². The van der Waals surface area contributed by atoms with Gasteiger partial charge >= 0.3 is 0 Å². The van der Waals surface area contributed by atoms with Crippen LogP contribution in [0.3, 0.4) is 0 Å². The maximum absolute atomic E-state index is 5.75. The van der Waals surface area contributed by atoms with E-state index in [9.17, 15) is 0 Å². The molecule has 0 heterocycles. The molecule has 0 amide bonds. The van der Waals surface area contributed by atoms with Crippen molar-refractivity contribution in [3.8, 4) is 5.75 Å². The number of rotatable bonds is 5. The van der Waals surface area contributed by atoms with Gasteiger partial charge in [-0.2, -0.15) is 0 Å². The molecule has 0 aromatic heterocycles. The van der Waals surface area contributed by atoms with Crippen LogP contribution >= 0.6 is 47.8 Å². The second-order valence-corrected chi connectivity index (χ2v) is 7.31. The summed E-state index contributed by atoms with van der Waals surface area (Å²) in [6, 6.07) is 10.3. The summed E-state index contributed by atoms with van der Waals surface area (Å²) in [6.45, 7) is 5.42. The third kappa shape index (κ3) is 4.47. The topological polar surface area (TPSA) is 21.3 Å². The number of aryl methyl sites for hydroxylation is 1. The van der Waals surface area contributed by atoms with Crippen molar-refractivity contribution in [2.45, 2.75) is 20.4 Å². The Morgan fingerprint density at radius 2 is 1.81 bits per heavy atom. The number of hydrogen-bond donors (Lipinski definition) is 1. The van der Waals surface area contributed by atoms with E-state index in [-0.39, 0.29) is 0 Å². The Morgan fingerprint density at radius 1 is 1.05 bits per heavy atom. The molecule has 0 aliphatic carbocycles. The minimum atomic E-state index is 0.642. The van der Waals surface area contributed by atoms with E-state index in [4.69, 9.17) is 4.74 Å². The van der Waals surface area contributed by atoms with Crippen molar-refractivity contribution in [1.82, 2.24) is 0 Å². The maximum atomic E-state index is 5.75. The lowest BCUT2D eigenvalue weighted by molar-refractivity contribution is 0.334. The number of nitrogens with one attached hydrogen (secondary N) is 1. The van der Waals surface area contributed by atoms with E-state index in [1.54, 1.807) is 0 Å². The SMILES string of the molecule is CCOc1c(Br)cc(Br)cc1CNc1cc(Br)ccc1C. The molecule has 0 unspecified atom stereocenters. The first-order chi connectivity index (χ1) is 10.0. The molecular formula is C16H16Br3NO. The Morgan fingerprint density at radius 3 is 2.52 bits per heavy atom. The molecule has 1 N–H and O–H groups in total. The van der Waals surface area contributed by atoms with Gasteiger partial charge in [0.15, 0.2) is 0 Å². The van der Waals surface area contributed by atoms with Crippen LogP contribution in [-0.4, -0.2) is 6.61 Å². The molecule has 2 nitrogen and oxygen atoms in total. The van der Waals surface area contributed by atoms with Gasteiger partial charge < -0.3 is 10.1 Å². The molecule has 0 aliphatic rings. The van der Waals surface area contributed by atoms with Crippen LogP contribution in [0.2, 0.25) is 0 Å². The normalized spacial score (nSPS) is 10.5. The molecule has 0 saturated heterocycles. The summed E-state index contributed by atoms with van der Waals surface area (Å²) >= 11 is 10.6. The number of halogens is 3. The molecule has 0 spiro atoms. The molecular weight excluding hydrogens is 462 g/mol. The van der Waals surface area contributed by atoms with Gasteiger partial charge in [-0.05, 0) is 59.6 Å². The highest BCUT2D eigenvalue weighted by atomic mass is 79.9. The van der Waals surface area contributed by atoms with E-state index >= 15 is 0 Å². The first kappa shape index (κ1) is 16.8. The standard InChI is InChI=1S/C16H16Br3NO/c1-3-21-16-11(6-13(18)7-14(16)19)9-20-15-8-12(17)5-4-10(15)2/h4-8,20H,3,9H2,1-2H3. The molecule has 2 rings (SSSR count). The monoisotopic (exact) mass is 475 g/mol. The van der Waals surface area contributed by atoms with E-state index in [0.717, 1.165) is 30.4 Å². The molecule has 2 aromatic rings. The van der Waals surface area contributed by atoms with Gasteiger partial charge in [0.1, 0.15) is 5.75 Å². The molecule has 0 saturated carbocycles. The van der Waals surface area contributed by atoms with Gasteiger partial charge in [0.25, 0.3) is 0 Å². The second kappa shape index (κ2) is 7.65. The molecule has 0 aliphatic heterocycles. The smallest absolute Gasteiger partial charge is 0.138 e. The van der Waals surface area contributed by atoms with Crippen molar-refractivity contribution in [3.63, 3.8) is 0 Å². The largest absolute Gasteiger partial charge is 0.492 e. The fraction of sp³-hybridized carbons (Fsp3) is 0.250. The lowest BCUT2D eigenvalue weighted by atomic mass is 10.1. The zero-order valence-corrected chi connectivity index (χ0v) is 16.6. The van der Waals surface area contributed by atoms with Gasteiger partial charge in [-0.1, -0.05) is 37.9 Å². The van der Waals surface area contributed by atoms with Gasteiger partial charge in [-0.25, -0.2) is 0 Å². The Kier molecular flexibility index (Phi) is 6.14. The number of anilines is 1. The summed E-state index contributed by atoms with van der Waals surface area (Å²) in [5.74, 6) is 0.890. The van der Waals surface area contributed by atoms with Gasteiger partial charge in [0.05, 0.1) is 11.1 Å². The highest BCUT2D eigenvalue weighted by Gasteiger charge is 2.10. The molecule has 0 bridgehead atoms. The summed E-state index contributed by atoms with van der Waals surface area (Å²) in [7, 11) is 0. The lowest BCUT2D eigenvalue weighted by Gasteiger charge is -2.15. The fourth-order valence-corrected chi connectivity index (χ4v) is 3.82. The average molecular weight is 478 g/mol. The van der Waals surface area contributed by atoms with Crippen molar-refractivity contribution in [2.75, 3.05) is 11.9 Å². The van der Waals surface area contributed by atoms with Crippen LogP contribution in [0.15, 0.2) is 43.7 Å². The van der Waals surface area contributed by atoms with Crippen LogP contribution in [0.1, 0.15) is 18.1 Å². The molecule has 0 radical (unpaired) electrons. The third-order valence-electron chi connectivity index (χ3n) is 3.04. The van der Waals surface area contributed by atoms with Crippen LogP contribution in [0, 0.1) is 6.92 Å². The number of hydrogen-bond acceptors (Lipinski definition) is 2. The van der Waals surface area contributed by atoms with Crippen LogP contribution in [0.4, 0.5) is 5.69 Å². The first-order valence-corrected chi connectivity index (χ1v) is 9.00. The van der Waals surface area contributed by atoms with Crippen LogP contribution in [0.5, 0.6) is 5.75 Å². The van der Waals surface area contributed by atoms with E-state index in [2.05, 4.69) is 78.2 Å². The molecule has 112 valence electrons. The maximum Gasteiger partial charge on any atom is 0.138 e. The van der Waals surface area contributed by atoms with Crippen molar-refractivity contribution in [2.24, 2.45) is 0 Å². The molecule has 5 heteroatoms. The zero-order chi connectivity index (χ0) is 15.4. The highest BCUT2D eigenvalue weighted by Crippen LogP contribution is 2.33. The van der Waals surface area contributed by atoms with Crippen molar-refractivity contribution in [1.29, 1.82) is 0 Å². The minimum Gasteiger partial charge on any atom is -0.492 e. The quantitative estimate of drug-likeness (QED) is 0.546. The van der Waals surface area contributed by atoms with Crippen molar-refractivity contribution < 1.29 is 4.74 Å². The summed E-state index contributed by atoms with van der Waals surface area (Å²) in [5, 5.41) is 3.47. The van der Waals surface area contributed by atoms with E-state index in [1.807, 2.05) is 19.1 Å². The van der Waals surface area contributed by atoms with E-state index in [0.29, 0.717) is 13.2 Å². The van der Waals surface area contributed by atoms with Crippen LogP contribution in [-0.2, 0) is 6.54 Å². The third-order valence-corrected chi connectivity index (χ3v) is 4.58. The minimum absolute atomic E-state index is 0.642. The summed E-state index contributed by atoms with van der Waals surface area (Å²) < 4.78 is 8.80. The molecule has 0 fully saturated rings. The number of ether oxygens (including phenoxy) is 1. The molecule has 21 heavy (non-hydrogen) atoms. The summed E-state index contributed by atoms with van der Waals surface area (Å²) in [4.78, 5) is 0. The highest BCUT2D eigenvalue weighted by molar-refractivity contribution is 9.11. The summed E-state index contributed by atoms with van der Waals surface area (Å²) in [6.07, 6.45) is 0. The Bertz CT molecular complexity index is 644. The Hall–Kier alpha value is -0.520. The number of benzene rings is 2. The zero-order valence-electron chi connectivity index (χ0n) is 11.8. The van der Waals surface area contributed by atoms with Gasteiger partial charge in [0, 0.05) is 26.7 Å². The predicted molar refractivity (Wildman–Crippen MR) is 99.2 cm³/mol. The van der Waals surface area contributed by atoms with Gasteiger partial charge in [-0.3, -0.25) is 0 Å². The van der Waals surface area contributed by atoms with Crippen molar-refractivity contribution in [3.05, 3.63) is 54.9 Å². The summed E-state index contributed by atoms with van der Waals surface area (Å²) in [5.41, 5.74) is 3.44. The van der Waals surface area contributed by atoms with Crippen LogP contribution < -0.4 is 10.1 Å². The van der Waals surface area contributed by atoms with E-state index < -0.39 is 0 Å².